The lowest BCUT2D eigenvalue weighted by Gasteiger charge is -2.35. The van der Waals surface area contributed by atoms with Crippen molar-refractivity contribution < 1.29 is 19.1 Å². The number of nitrogens with zero attached hydrogens (tertiary/aromatic N) is 2. The van der Waals surface area contributed by atoms with Crippen LogP contribution in [0.1, 0.15) is 31.0 Å². The highest BCUT2D eigenvalue weighted by molar-refractivity contribution is 6.00. The van der Waals surface area contributed by atoms with Gasteiger partial charge in [-0.2, -0.15) is 0 Å². The van der Waals surface area contributed by atoms with Gasteiger partial charge in [0.25, 0.3) is 0 Å². The fourth-order valence-electron chi connectivity index (χ4n) is 4.24. The second-order valence-corrected chi connectivity index (χ2v) is 7.60. The summed E-state index contributed by atoms with van der Waals surface area (Å²) in [5.74, 6) is -2.91. The summed E-state index contributed by atoms with van der Waals surface area (Å²) in [4.78, 5) is 33.0. The maximum Gasteiger partial charge on any atom is 0.321 e. The van der Waals surface area contributed by atoms with Gasteiger partial charge in [-0.25, -0.2) is 4.98 Å². The van der Waals surface area contributed by atoms with Gasteiger partial charge in [0.1, 0.15) is 0 Å². The summed E-state index contributed by atoms with van der Waals surface area (Å²) in [7, 11) is 1.94. The third kappa shape index (κ3) is 3.96. The normalized spacial score (nSPS) is 15.3. The molecule has 6 nitrogen and oxygen atoms in total. The first-order chi connectivity index (χ1) is 15.5. The van der Waals surface area contributed by atoms with Crippen LogP contribution in [-0.4, -0.2) is 37.2 Å². The molecule has 0 radical (unpaired) electrons. The van der Waals surface area contributed by atoms with Crippen LogP contribution in [0.25, 0.3) is 16.5 Å². The van der Waals surface area contributed by atoms with E-state index >= 15 is 0 Å². The molecule has 1 aliphatic rings. The van der Waals surface area contributed by atoms with Crippen LogP contribution in [0, 0.1) is 5.92 Å². The number of fused-ring (bicyclic) bond motifs is 2. The first-order valence-corrected chi connectivity index (χ1v) is 10.8. The second-order valence-electron chi connectivity index (χ2n) is 7.60. The van der Waals surface area contributed by atoms with Gasteiger partial charge in [0.15, 0.2) is 5.92 Å². The summed E-state index contributed by atoms with van der Waals surface area (Å²) >= 11 is 0. The predicted molar refractivity (Wildman–Crippen MR) is 124 cm³/mol. The zero-order chi connectivity index (χ0) is 22.7. The minimum Gasteiger partial charge on any atom is -0.465 e. The molecule has 1 atom stereocenters. The zero-order valence-corrected chi connectivity index (χ0v) is 18.4. The van der Waals surface area contributed by atoms with Crippen molar-refractivity contribution in [3.05, 3.63) is 78.1 Å². The number of para-hydroxylation sites is 2. The summed E-state index contributed by atoms with van der Waals surface area (Å²) in [6.45, 7) is 3.81. The number of hydrogen-bond donors (Lipinski definition) is 0. The molecule has 6 heteroatoms. The lowest BCUT2D eigenvalue weighted by atomic mass is 9.76. The molecule has 0 unspecified atom stereocenters. The fourth-order valence-corrected chi connectivity index (χ4v) is 4.24. The Labute approximate surface area is 187 Å². The van der Waals surface area contributed by atoms with Crippen LogP contribution >= 0.6 is 0 Å². The highest BCUT2D eigenvalue weighted by atomic mass is 16.6. The highest BCUT2D eigenvalue weighted by Gasteiger charge is 2.43. The first-order valence-electron chi connectivity index (χ1n) is 10.8. The molecule has 2 heterocycles. The Morgan fingerprint density at radius 3 is 2.31 bits per heavy atom. The van der Waals surface area contributed by atoms with E-state index in [2.05, 4.69) is 0 Å². The van der Waals surface area contributed by atoms with E-state index < -0.39 is 23.8 Å². The van der Waals surface area contributed by atoms with Crippen LogP contribution in [0.4, 0.5) is 5.69 Å². The molecule has 0 aliphatic carbocycles. The summed E-state index contributed by atoms with van der Waals surface area (Å²) in [5.41, 5.74) is 4.08. The van der Waals surface area contributed by atoms with Crippen molar-refractivity contribution in [2.45, 2.75) is 19.8 Å². The monoisotopic (exact) mass is 430 g/mol. The smallest absolute Gasteiger partial charge is 0.321 e. The van der Waals surface area contributed by atoms with Gasteiger partial charge >= 0.3 is 11.9 Å². The standard InChI is InChI=1S/C26H26N2O4/c1-4-31-25(29)24(26(30)32-5-2)23-18-11-7-9-13-22(18)28(3)16-19(23)21-15-14-17-10-6-8-12-20(17)27-21/h6-16,23-24H,4-5H2,1-3H3/t23-/m1/s1. The number of esters is 2. The highest BCUT2D eigenvalue weighted by Crippen LogP contribution is 2.46. The largest absolute Gasteiger partial charge is 0.465 e. The van der Waals surface area contributed by atoms with Crippen molar-refractivity contribution in [3.8, 4) is 0 Å². The zero-order valence-electron chi connectivity index (χ0n) is 18.4. The van der Waals surface area contributed by atoms with Gasteiger partial charge < -0.3 is 14.4 Å². The second kappa shape index (κ2) is 9.22. The van der Waals surface area contributed by atoms with Crippen LogP contribution in [0.5, 0.6) is 0 Å². The minimum absolute atomic E-state index is 0.177. The average Bonchev–Trinajstić information content (AvgIpc) is 2.80. The van der Waals surface area contributed by atoms with Crippen LogP contribution in [0.3, 0.4) is 0 Å². The summed E-state index contributed by atoms with van der Waals surface area (Å²) < 4.78 is 10.6. The van der Waals surface area contributed by atoms with Crippen LogP contribution in [-0.2, 0) is 19.1 Å². The predicted octanol–water partition coefficient (Wildman–Crippen LogP) is 4.55. The number of aromatic nitrogens is 1. The molecule has 0 spiro atoms. The third-order valence-corrected chi connectivity index (χ3v) is 5.63. The maximum atomic E-state index is 13.1. The molecule has 3 aromatic rings. The Morgan fingerprint density at radius 2 is 1.59 bits per heavy atom. The van der Waals surface area contributed by atoms with Crippen LogP contribution in [0.2, 0.25) is 0 Å². The van der Waals surface area contributed by atoms with Gasteiger partial charge in [0.2, 0.25) is 0 Å². The summed E-state index contributed by atoms with van der Waals surface area (Å²) in [5, 5.41) is 1.02. The van der Waals surface area contributed by atoms with Gasteiger partial charge in [-0.15, -0.1) is 0 Å². The van der Waals surface area contributed by atoms with E-state index in [1.165, 1.54) is 0 Å². The van der Waals surface area contributed by atoms with Crippen molar-refractivity contribution in [3.63, 3.8) is 0 Å². The molecule has 2 aromatic carbocycles. The Balaban J connectivity index is 1.91. The number of carbonyl (C=O) groups excluding carboxylic acids is 2. The molecule has 32 heavy (non-hydrogen) atoms. The molecule has 4 rings (SSSR count). The molecule has 0 fully saturated rings. The first kappa shape index (κ1) is 21.6. The molecular weight excluding hydrogens is 404 g/mol. The summed E-state index contributed by atoms with van der Waals surface area (Å²) in [6.07, 6.45) is 1.94. The van der Waals surface area contributed by atoms with E-state index in [1.54, 1.807) is 13.8 Å². The van der Waals surface area contributed by atoms with E-state index in [4.69, 9.17) is 14.5 Å². The average molecular weight is 431 g/mol. The van der Waals surface area contributed by atoms with Crippen LogP contribution < -0.4 is 4.90 Å². The fraction of sp³-hybridized carbons (Fsp3) is 0.269. The van der Waals surface area contributed by atoms with E-state index in [1.807, 2.05) is 78.8 Å². The van der Waals surface area contributed by atoms with E-state index in [0.717, 1.165) is 27.7 Å². The van der Waals surface area contributed by atoms with Crippen molar-refractivity contribution in [2.75, 3.05) is 25.2 Å². The van der Waals surface area contributed by atoms with Gasteiger partial charge in [-0.1, -0.05) is 42.5 Å². The Hall–Kier alpha value is -3.67. The maximum absolute atomic E-state index is 13.1. The number of carbonyl (C=O) groups is 2. The Kier molecular flexibility index (Phi) is 6.21. The number of benzene rings is 2. The molecule has 164 valence electrons. The Bertz CT molecular complexity index is 1170. The number of allylic oxidation sites excluding steroid dienone is 1. The number of rotatable bonds is 6. The number of hydrogen-bond acceptors (Lipinski definition) is 6. The molecule has 0 bridgehead atoms. The van der Waals surface area contributed by atoms with Crippen LogP contribution in [0.15, 0.2) is 66.9 Å². The van der Waals surface area contributed by atoms with Gasteiger partial charge in [-0.3, -0.25) is 9.59 Å². The van der Waals surface area contributed by atoms with E-state index in [0.29, 0.717) is 5.69 Å². The van der Waals surface area contributed by atoms with E-state index in [-0.39, 0.29) is 13.2 Å². The minimum atomic E-state index is -1.13. The SMILES string of the molecule is CCOC(=O)C(C(=O)OCC)[C@H]1C(c2ccc3ccccc3n2)=CN(C)c2ccccc21. The molecule has 1 aliphatic heterocycles. The van der Waals surface area contributed by atoms with Crippen molar-refractivity contribution in [1.29, 1.82) is 0 Å². The van der Waals surface area contributed by atoms with Crippen molar-refractivity contribution in [2.24, 2.45) is 5.92 Å². The lowest BCUT2D eigenvalue weighted by Crippen LogP contribution is -2.36. The number of anilines is 1. The number of pyridine rings is 1. The van der Waals surface area contributed by atoms with Gasteiger partial charge in [0, 0.05) is 35.8 Å². The van der Waals surface area contributed by atoms with Gasteiger partial charge in [-0.05, 0) is 37.6 Å². The third-order valence-electron chi connectivity index (χ3n) is 5.63. The number of ether oxygens (including phenoxy) is 2. The molecular formula is C26H26N2O4. The van der Waals surface area contributed by atoms with Gasteiger partial charge in [0.05, 0.1) is 24.4 Å². The molecule has 0 saturated carbocycles. The Morgan fingerprint density at radius 1 is 0.938 bits per heavy atom. The molecule has 0 N–H and O–H groups in total. The van der Waals surface area contributed by atoms with Crippen molar-refractivity contribution >= 4 is 34.1 Å². The topological polar surface area (TPSA) is 68.7 Å². The quantitative estimate of drug-likeness (QED) is 0.422. The van der Waals surface area contributed by atoms with E-state index in [9.17, 15) is 9.59 Å². The molecule has 0 amide bonds. The molecule has 1 aromatic heterocycles. The molecule has 0 saturated heterocycles. The lowest BCUT2D eigenvalue weighted by molar-refractivity contribution is -0.162. The van der Waals surface area contributed by atoms with Crippen molar-refractivity contribution in [1.82, 2.24) is 4.98 Å². The summed E-state index contributed by atoms with van der Waals surface area (Å²) in [6, 6.07) is 19.5.